The van der Waals surface area contributed by atoms with Gasteiger partial charge in [-0.05, 0) is 35.7 Å². The van der Waals surface area contributed by atoms with Gasteiger partial charge in [0.1, 0.15) is 11.6 Å². The molecule has 5 heteroatoms. The van der Waals surface area contributed by atoms with Crippen LogP contribution in [0.5, 0.6) is 11.5 Å². The molecule has 0 spiro atoms. The first-order valence-electron chi connectivity index (χ1n) is 10.9. The zero-order chi connectivity index (χ0) is 21.9. The number of fused-ring (bicyclic) bond motifs is 2. The second kappa shape index (κ2) is 9.05. The molecule has 5 rings (SSSR count). The quantitative estimate of drug-likeness (QED) is 0.370. The summed E-state index contributed by atoms with van der Waals surface area (Å²) in [5.74, 6) is 1.51. The number of para-hydroxylation sites is 3. The van der Waals surface area contributed by atoms with Crippen LogP contribution in [0.25, 0.3) is 10.9 Å². The summed E-state index contributed by atoms with van der Waals surface area (Å²) in [5.41, 5.74) is 5.09. The minimum Gasteiger partial charge on any atom is -0.493 e. The molecule has 0 radical (unpaired) electrons. The Hall–Kier alpha value is -3.31. The second-order valence-electron chi connectivity index (χ2n) is 8.00. The van der Waals surface area contributed by atoms with E-state index in [0.717, 1.165) is 48.1 Å². The average molecular weight is 443 g/mol. The Bertz CT molecular complexity index is 1260. The number of ether oxygens (including phenoxy) is 2. The van der Waals surface area contributed by atoms with E-state index in [-0.39, 0.29) is 0 Å². The molecule has 162 valence electrons. The minimum atomic E-state index is 0.544. The molecular formula is C27H26N2O2S. The van der Waals surface area contributed by atoms with Gasteiger partial charge in [-0.15, -0.1) is 0 Å². The van der Waals surface area contributed by atoms with Crippen molar-refractivity contribution in [3.8, 4) is 11.5 Å². The standard InChI is InChI=1S/C27H26N2O2S/c1-30-25-12-6-7-13-26(25)31-17-16-28-19-23(22-10-4-5-11-24(22)28)27(32)29-15-14-20-8-2-3-9-21(20)18-29/h2-13,19H,14-18H2,1H3. The SMILES string of the molecule is COc1ccccc1OCCn1cc(C(=S)N2CCc3ccccc3C2)c2ccccc21. The van der Waals surface area contributed by atoms with E-state index in [0.29, 0.717) is 6.61 Å². The zero-order valence-corrected chi connectivity index (χ0v) is 19.0. The van der Waals surface area contributed by atoms with Crippen molar-refractivity contribution >= 4 is 28.1 Å². The maximum Gasteiger partial charge on any atom is 0.161 e. The van der Waals surface area contributed by atoms with Crippen LogP contribution in [0.1, 0.15) is 16.7 Å². The number of methoxy groups -OCH3 is 1. The molecule has 0 amide bonds. The summed E-state index contributed by atoms with van der Waals surface area (Å²) < 4.78 is 13.6. The monoisotopic (exact) mass is 442 g/mol. The minimum absolute atomic E-state index is 0.544. The van der Waals surface area contributed by atoms with E-state index in [2.05, 4.69) is 64.2 Å². The first-order chi connectivity index (χ1) is 15.7. The molecule has 0 unspecified atom stereocenters. The van der Waals surface area contributed by atoms with Gasteiger partial charge in [-0.25, -0.2) is 0 Å². The molecule has 0 fully saturated rings. The molecule has 1 aliphatic heterocycles. The van der Waals surface area contributed by atoms with Crippen LogP contribution in [-0.2, 0) is 19.5 Å². The lowest BCUT2D eigenvalue weighted by Crippen LogP contribution is -2.35. The van der Waals surface area contributed by atoms with Crippen LogP contribution in [0.3, 0.4) is 0 Å². The van der Waals surface area contributed by atoms with Crippen molar-refractivity contribution < 1.29 is 9.47 Å². The van der Waals surface area contributed by atoms with Gasteiger partial charge in [-0.3, -0.25) is 0 Å². The number of benzene rings is 3. The summed E-state index contributed by atoms with van der Waals surface area (Å²) in [6, 6.07) is 24.9. The number of hydrogen-bond donors (Lipinski definition) is 0. The maximum atomic E-state index is 6.02. The molecule has 0 saturated carbocycles. The molecule has 0 bridgehead atoms. The van der Waals surface area contributed by atoms with E-state index in [9.17, 15) is 0 Å². The fraction of sp³-hybridized carbons (Fsp3) is 0.222. The van der Waals surface area contributed by atoms with E-state index in [1.54, 1.807) is 7.11 Å². The molecular weight excluding hydrogens is 416 g/mol. The third kappa shape index (κ3) is 3.96. The van der Waals surface area contributed by atoms with Crippen LogP contribution in [0, 0.1) is 0 Å². The Morgan fingerprint density at radius 1 is 0.906 bits per heavy atom. The van der Waals surface area contributed by atoms with Crippen molar-refractivity contribution in [2.75, 3.05) is 20.3 Å². The predicted octanol–water partition coefficient (Wildman–Crippen LogP) is 5.46. The zero-order valence-electron chi connectivity index (χ0n) is 18.2. The van der Waals surface area contributed by atoms with Gasteiger partial charge in [0.25, 0.3) is 0 Å². The molecule has 3 aromatic carbocycles. The van der Waals surface area contributed by atoms with Crippen LogP contribution in [0.15, 0.2) is 79.0 Å². The smallest absolute Gasteiger partial charge is 0.161 e. The van der Waals surface area contributed by atoms with Crippen LogP contribution in [0.4, 0.5) is 0 Å². The van der Waals surface area contributed by atoms with E-state index in [4.69, 9.17) is 21.7 Å². The number of aromatic nitrogens is 1. The highest BCUT2D eigenvalue weighted by Crippen LogP contribution is 2.28. The van der Waals surface area contributed by atoms with Crippen LogP contribution < -0.4 is 9.47 Å². The predicted molar refractivity (Wildman–Crippen MR) is 133 cm³/mol. The molecule has 1 aromatic heterocycles. The first kappa shape index (κ1) is 20.6. The van der Waals surface area contributed by atoms with Gasteiger partial charge in [-0.1, -0.05) is 66.8 Å². The van der Waals surface area contributed by atoms with Crippen molar-refractivity contribution in [3.63, 3.8) is 0 Å². The van der Waals surface area contributed by atoms with E-state index < -0.39 is 0 Å². The van der Waals surface area contributed by atoms with Crippen molar-refractivity contribution in [3.05, 3.63) is 95.7 Å². The van der Waals surface area contributed by atoms with Gasteiger partial charge in [0, 0.05) is 35.8 Å². The fourth-order valence-corrected chi connectivity index (χ4v) is 4.75. The largest absolute Gasteiger partial charge is 0.493 e. The van der Waals surface area contributed by atoms with Crippen molar-refractivity contribution in [2.24, 2.45) is 0 Å². The molecule has 0 atom stereocenters. The number of nitrogens with zero attached hydrogens (tertiary/aromatic N) is 2. The Morgan fingerprint density at radius 2 is 1.62 bits per heavy atom. The maximum absolute atomic E-state index is 6.02. The number of thiocarbonyl (C=S) groups is 1. The molecule has 0 aliphatic carbocycles. The molecule has 0 N–H and O–H groups in total. The first-order valence-corrected chi connectivity index (χ1v) is 11.3. The number of hydrogen-bond acceptors (Lipinski definition) is 3. The van der Waals surface area contributed by atoms with Gasteiger partial charge in [0.2, 0.25) is 0 Å². The molecule has 2 heterocycles. The molecule has 32 heavy (non-hydrogen) atoms. The van der Waals surface area contributed by atoms with E-state index in [1.807, 2.05) is 24.3 Å². The summed E-state index contributed by atoms with van der Waals surface area (Å²) >= 11 is 6.00. The van der Waals surface area contributed by atoms with Crippen molar-refractivity contribution in [1.29, 1.82) is 0 Å². The molecule has 4 aromatic rings. The van der Waals surface area contributed by atoms with Gasteiger partial charge >= 0.3 is 0 Å². The van der Waals surface area contributed by atoms with Crippen LogP contribution >= 0.6 is 12.2 Å². The second-order valence-corrected chi connectivity index (χ2v) is 8.38. The lowest BCUT2D eigenvalue weighted by atomic mass is 9.99. The summed E-state index contributed by atoms with van der Waals surface area (Å²) in [4.78, 5) is 3.25. The van der Waals surface area contributed by atoms with Gasteiger partial charge in [0.05, 0.1) is 13.7 Å². The van der Waals surface area contributed by atoms with E-state index >= 15 is 0 Å². The lowest BCUT2D eigenvalue weighted by Gasteiger charge is -2.30. The van der Waals surface area contributed by atoms with E-state index in [1.165, 1.54) is 22.0 Å². The van der Waals surface area contributed by atoms with Gasteiger partial charge in [-0.2, -0.15) is 0 Å². The van der Waals surface area contributed by atoms with Crippen molar-refractivity contribution in [1.82, 2.24) is 9.47 Å². The lowest BCUT2D eigenvalue weighted by molar-refractivity contribution is 0.281. The summed E-state index contributed by atoms with van der Waals surface area (Å²) in [6.07, 6.45) is 3.21. The average Bonchev–Trinajstić information content (AvgIpc) is 3.22. The topological polar surface area (TPSA) is 26.6 Å². The van der Waals surface area contributed by atoms with Crippen molar-refractivity contribution in [2.45, 2.75) is 19.5 Å². The Kier molecular flexibility index (Phi) is 5.82. The highest BCUT2D eigenvalue weighted by atomic mass is 32.1. The summed E-state index contributed by atoms with van der Waals surface area (Å²) in [7, 11) is 1.66. The highest BCUT2D eigenvalue weighted by molar-refractivity contribution is 7.80. The Morgan fingerprint density at radius 3 is 2.47 bits per heavy atom. The Labute approximate surface area is 194 Å². The van der Waals surface area contributed by atoms with Gasteiger partial charge in [0.15, 0.2) is 11.5 Å². The fourth-order valence-electron chi connectivity index (χ4n) is 4.43. The summed E-state index contributed by atoms with van der Waals surface area (Å²) in [6.45, 7) is 3.09. The molecule has 4 nitrogen and oxygen atoms in total. The normalized spacial score (nSPS) is 13.1. The molecule has 1 aliphatic rings. The molecule has 0 saturated heterocycles. The Balaban J connectivity index is 1.36. The third-order valence-electron chi connectivity index (χ3n) is 6.10. The van der Waals surface area contributed by atoms with Gasteiger partial charge < -0.3 is 18.9 Å². The van der Waals surface area contributed by atoms with Crippen LogP contribution in [-0.4, -0.2) is 34.7 Å². The third-order valence-corrected chi connectivity index (χ3v) is 6.57. The highest BCUT2D eigenvalue weighted by Gasteiger charge is 2.21. The number of rotatable bonds is 6. The summed E-state index contributed by atoms with van der Waals surface area (Å²) in [5, 5.41) is 1.19. The van der Waals surface area contributed by atoms with Crippen LogP contribution in [0.2, 0.25) is 0 Å².